The summed E-state index contributed by atoms with van der Waals surface area (Å²) in [6, 6.07) is 12.0. The van der Waals surface area contributed by atoms with E-state index in [-0.39, 0.29) is 11.8 Å². The van der Waals surface area contributed by atoms with E-state index in [2.05, 4.69) is 9.97 Å². The zero-order valence-corrected chi connectivity index (χ0v) is 14.8. The van der Waals surface area contributed by atoms with E-state index in [1.165, 1.54) is 0 Å². The van der Waals surface area contributed by atoms with E-state index in [1.54, 1.807) is 54.7 Å². The molecular formula is C20H16F3N3O2. The highest BCUT2D eigenvalue weighted by molar-refractivity contribution is 5.94. The van der Waals surface area contributed by atoms with Gasteiger partial charge >= 0.3 is 6.18 Å². The Morgan fingerprint density at radius 2 is 1.82 bits per heavy atom. The average molecular weight is 387 g/mol. The third kappa shape index (κ3) is 4.85. The van der Waals surface area contributed by atoms with Gasteiger partial charge < -0.3 is 9.64 Å². The Bertz CT molecular complexity index is 928. The van der Waals surface area contributed by atoms with Crippen LogP contribution in [-0.2, 0) is 12.7 Å². The van der Waals surface area contributed by atoms with Crippen molar-refractivity contribution >= 4 is 5.91 Å². The molecule has 3 aromatic rings. The monoisotopic (exact) mass is 387 g/mol. The van der Waals surface area contributed by atoms with Crippen LogP contribution in [0.3, 0.4) is 0 Å². The predicted octanol–water partition coefficient (Wildman–Crippen LogP) is 4.56. The van der Waals surface area contributed by atoms with Gasteiger partial charge in [-0.2, -0.15) is 13.2 Å². The van der Waals surface area contributed by atoms with Gasteiger partial charge in [0.05, 0.1) is 5.56 Å². The number of hydrogen-bond donors (Lipinski definition) is 0. The Morgan fingerprint density at radius 1 is 1.07 bits per heavy atom. The molecule has 1 aromatic carbocycles. The van der Waals surface area contributed by atoms with Crippen molar-refractivity contribution in [1.29, 1.82) is 0 Å². The largest absolute Gasteiger partial charge is 0.439 e. The Kier molecular flexibility index (Phi) is 5.58. The van der Waals surface area contributed by atoms with Crippen molar-refractivity contribution in [2.24, 2.45) is 0 Å². The van der Waals surface area contributed by atoms with Gasteiger partial charge in [-0.15, -0.1) is 0 Å². The first-order valence-corrected chi connectivity index (χ1v) is 8.28. The maximum atomic E-state index is 12.5. The second-order valence-corrected chi connectivity index (χ2v) is 6.03. The molecule has 0 aliphatic carbocycles. The molecule has 144 valence electrons. The summed E-state index contributed by atoms with van der Waals surface area (Å²) in [4.78, 5) is 21.7. The minimum Gasteiger partial charge on any atom is -0.439 e. The zero-order valence-electron chi connectivity index (χ0n) is 14.8. The van der Waals surface area contributed by atoms with Gasteiger partial charge in [-0.25, -0.2) is 4.98 Å². The van der Waals surface area contributed by atoms with Crippen molar-refractivity contribution in [3.8, 4) is 11.6 Å². The SMILES string of the molecule is CN(Cc1cccnc1)C(=O)c1ccc(Oc2ccc(C(F)(F)F)cn2)cc1. The molecule has 0 aliphatic rings. The molecule has 0 atom stereocenters. The molecule has 3 rings (SSSR count). The van der Waals surface area contributed by atoms with Crippen LogP contribution < -0.4 is 4.74 Å². The van der Waals surface area contributed by atoms with Crippen LogP contribution in [-0.4, -0.2) is 27.8 Å². The summed E-state index contributed by atoms with van der Waals surface area (Å²) in [5.74, 6) is 0.211. The molecule has 2 heterocycles. The van der Waals surface area contributed by atoms with Crippen molar-refractivity contribution < 1.29 is 22.7 Å². The number of amides is 1. The number of nitrogens with zero attached hydrogens (tertiary/aromatic N) is 3. The number of alkyl halides is 3. The number of benzene rings is 1. The number of aromatic nitrogens is 2. The molecule has 0 saturated heterocycles. The molecule has 0 N–H and O–H groups in total. The van der Waals surface area contributed by atoms with Crippen LogP contribution >= 0.6 is 0 Å². The molecule has 0 aliphatic heterocycles. The van der Waals surface area contributed by atoms with E-state index in [9.17, 15) is 18.0 Å². The Morgan fingerprint density at radius 3 is 2.39 bits per heavy atom. The van der Waals surface area contributed by atoms with Crippen LogP contribution in [0.5, 0.6) is 11.6 Å². The fraction of sp³-hybridized carbons (Fsp3) is 0.150. The molecule has 0 bridgehead atoms. The quantitative estimate of drug-likeness (QED) is 0.644. The van der Waals surface area contributed by atoms with Crippen LogP contribution in [0.1, 0.15) is 21.5 Å². The van der Waals surface area contributed by atoms with Crippen LogP contribution in [0, 0.1) is 0 Å². The maximum absolute atomic E-state index is 12.5. The molecule has 28 heavy (non-hydrogen) atoms. The van der Waals surface area contributed by atoms with E-state index in [0.29, 0.717) is 24.1 Å². The lowest BCUT2D eigenvalue weighted by molar-refractivity contribution is -0.137. The summed E-state index contributed by atoms with van der Waals surface area (Å²) in [7, 11) is 1.69. The fourth-order valence-electron chi connectivity index (χ4n) is 2.45. The Balaban J connectivity index is 1.63. The van der Waals surface area contributed by atoms with Gasteiger partial charge in [-0.3, -0.25) is 9.78 Å². The molecule has 0 radical (unpaired) electrons. The van der Waals surface area contributed by atoms with Crippen molar-refractivity contribution in [2.75, 3.05) is 7.05 Å². The van der Waals surface area contributed by atoms with Gasteiger partial charge in [0, 0.05) is 43.8 Å². The lowest BCUT2D eigenvalue weighted by atomic mass is 10.2. The minimum atomic E-state index is -4.45. The molecule has 2 aromatic heterocycles. The van der Waals surface area contributed by atoms with E-state index in [4.69, 9.17) is 4.74 Å². The summed E-state index contributed by atoms with van der Waals surface area (Å²) in [5, 5.41) is 0. The normalized spacial score (nSPS) is 11.1. The molecule has 0 fully saturated rings. The van der Waals surface area contributed by atoms with Crippen molar-refractivity contribution in [3.63, 3.8) is 0 Å². The minimum absolute atomic E-state index is 0.0285. The molecule has 0 unspecified atom stereocenters. The zero-order chi connectivity index (χ0) is 20.1. The molecule has 0 saturated carbocycles. The number of hydrogen-bond acceptors (Lipinski definition) is 4. The summed E-state index contributed by atoms with van der Waals surface area (Å²) < 4.78 is 43.1. The van der Waals surface area contributed by atoms with Gasteiger partial charge in [-0.05, 0) is 42.0 Å². The first kappa shape index (κ1) is 19.3. The smallest absolute Gasteiger partial charge is 0.417 e. The number of ether oxygens (including phenoxy) is 1. The third-order valence-corrected chi connectivity index (χ3v) is 3.88. The second-order valence-electron chi connectivity index (χ2n) is 6.03. The predicted molar refractivity (Wildman–Crippen MR) is 95.8 cm³/mol. The van der Waals surface area contributed by atoms with Crippen LogP contribution in [0.25, 0.3) is 0 Å². The highest BCUT2D eigenvalue weighted by Gasteiger charge is 2.30. The lowest BCUT2D eigenvalue weighted by Crippen LogP contribution is -2.26. The fourth-order valence-corrected chi connectivity index (χ4v) is 2.45. The first-order valence-electron chi connectivity index (χ1n) is 8.28. The first-order chi connectivity index (χ1) is 13.3. The van der Waals surface area contributed by atoms with E-state index < -0.39 is 11.7 Å². The standard InChI is InChI=1S/C20H16F3N3O2/c1-26(13-14-3-2-10-24-11-14)19(27)15-4-7-17(8-5-15)28-18-9-6-16(12-25-18)20(21,22)23/h2-12H,13H2,1H3. The maximum Gasteiger partial charge on any atom is 0.417 e. The summed E-state index contributed by atoms with van der Waals surface area (Å²) in [6.07, 6.45) is -0.386. The molecule has 5 nitrogen and oxygen atoms in total. The number of halogens is 3. The number of pyridine rings is 2. The molecular weight excluding hydrogens is 371 g/mol. The Hall–Kier alpha value is -3.42. The van der Waals surface area contributed by atoms with E-state index >= 15 is 0 Å². The number of carbonyl (C=O) groups excluding carboxylic acids is 1. The summed E-state index contributed by atoms with van der Waals surface area (Å²) in [6.45, 7) is 0.417. The van der Waals surface area contributed by atoms with Crippen LogP contribution in [0.4, 0.5) is 13.2 Å². The number of rotatable bonds is 5. The van der Waals surface area contributed by atoms with Crippen molar-refractivity contribution in [2.45, 2.75) is 12.7 Å². The van der Waals surface area contributed by atoms with E-state index in [1.807, 2.05) is 6.07 Å². The van der Waals surface area contributed by atoms with E-state index in [0.717, 1.165) is 17.7 Å². The third-order valence-electron chi connectivity index (χ3n) is 3.88. The van der Waals surface area contributed by atoms with Gasteiger partial charge in [0.2, 0.25) is 5.88 Å². The summed E-state index contributed by atoms with van der Waals surface area (Å²) >= 11 is 0. The second kappa shape index (κ2) is 8.08. The van der Waals surface area contributed by atoms with Gasteiger partial charge in [0.1, 0.15) is 5.75 Å². The van der Waals surface area contributed by atoms with Gasteiger partial charge in [0.15, 0.2) is 0 Å². The Labute approximate surface area is 159 Å². The van der Waals surface area contributed by atoms with Gasteiger partial charge in [-0.1, -0.05) is 6.07 Å². The average Bonchev–Trinajstić information content (AvgIpc) is 2.68. The molecule has 8 heteroatoms. The number of carbonyl (C=O) groups is 1. The highest BCUT2D eigenvalue weighted by atomic mass is 19.4. The molecule has 1 amide bonds. The van der Waals surface area contributed by atoms with Crippen LogP contribution in [0.15, 0.2) is 67.1 Å². The van der Waals surface area contributed by atoms with Gasteiger partial charge in [0.25, 0.3) is 5.91 Å². The van der Waals surface area contributed by atoms with Crippen molar-refractivity contribution in [1.82, 2.24) is 14.9 Å². The van der Waals surface area contributed by atoms with Crippen LogP contribution in [0.2, 0.25) is 0 Å². The van der Waals surface area contributed by atoms with Crippen molar-refractivity contribution in [3.05, 3.63) is 83.8 Å². The summed E-state index contributed by atoms with van der Waals surface area (Å²) in [5.41, 5.74) is 0.517. The molecule has 0 spiro atoms. The lowest BCUT2D eigenvalue weighted by Gasteiger charge is -2.17. The topological polar surface area (TPSA) is 55.3 Å². The highest BCUT2D eigenvalue weighted by Crippen LogP contribution is 2.30.